The summed E-state index contributed by atoms with van der Waals surface area (Å²) in [7, 11) is 0. The molecule has 2 aromatic rings. The van der Waals surface area contributed by atoms with Crippen LogP contribution in [0.1, 0.15) is 32.3 Å². The number of carbonyl (C=O) groups excluding carboxylic acids is 1. The summed E-state index contributed by atoms with van der Waals surface area (Å²) in [5, 5.41) is 11.9. The van der Waals surface area contributed by atoms with E-state index in [9.17, 15) is 9.59 Å². The fourth-order valence-corrected chi connectivity index (χ4v) is 2.84. The topological polar surface area (TPSA) is 66.4 Å². The minimum absolute atomic E-state index is 0.128. The first-order valence-electron chi connectivity index (χ1n) is 8.59. The molecule has 4 nitrogen and oxygen atoms in total. The van der Waals surface area contributed by atoms with Gasteiger partial charge in [-0.3, -0.25) is 9.59 Å². The fourth-order valence-electron chi connectivity index (χ4n) is 2.84. The molecule has 0 unspecified atom stereocenters. The van der Waals surface area contributed by atoms with Gasteiger partial charge < -0.3 is 10.4 Å². The standard InChI is InChI=1S/C21H25NO3/c1-15(2)12-19(13-20(23)24)21(25)22-14-16-8-10-18(11-9-16)17-6-4-3-5-7-17/h3-11,15,19H,12-14H2,1-2H3,(H,22,25)(H,23,24)/t19-/m1/s1. The van der Waals surface area contributed by atoms with Gasteiger partial charge in [0.1, 0.15) is 0 Å². The molecule has 4 heteroatoms. The number of rotatable bonds is 8. The average molecular weight is 339 g/mol. The van der Waals surface area contributed by atoms with Crippen molar-refractivity contribution in [2.45, 2.75) is 33.2 Å². The molecule has 0 saturated carbocycles. The third kappa shape index (κ3) is 6.07. The number of amides is 1. The molecule has 25 heavy (non-hydrogen) atoms. The quantitative estimate of drug-likeness (QED) is 0.761. The van der Waals surface area contributed by atoms with Gasteiger partial charge in [0.15, 0.2) is 0 Å². The van der Waals surface area contributed by atoms with Gasteiger partial charge in [0.05, 0.1) is 6.42 Å². The molecule has 0 aliphatic carbocycles. The molecule has 1 amide bonds. The van der Waals surface area contributed by atoms with Crippen LogP contribution in [0.2, 0.25) is 0 Å². The van der Waals surface area contributed by atoms with Crippen molar-refractivity contribution in [3.63, 3.8) is 0 Å². The summed E-state index contributed by atoms with van der Waals surface area (Å²) in [4.78, 5) is 23.3. The number of hydrogen-bond donors (Lipinski definition) is 2. The maximum atomic E-state index is 12.3. The number of aliphatic carboxylic acids is 1. The van der Waals surface area contributed by atoms with Gasteiger partial charge in [0.25, 0.3) is 0 Å². The zero-order valence-corrected chi connectivity index (χ0v) is 14.7. The highest BCUT2D eigenvalue weighted by Gasteiger charge is 2.22. The number of carboxylic acid groups (broad SMARTS) is 1. The van der Waals surface area contributed by atoms with Gasteiger partial charge >= 0.3 is 5.97 Å². The summed E-state index contributed by atoms with van der Waals surface area (Å²) in [6.07, 6.45) is 0.446. The Bertz CT molecular complexity index is 693. The molecule has 0 heterocycles. The summed E-state index contributed by atoms with van der Waals surface area (Å²) in [6, 6.07) is 18.1. The van der Waals surface area contributed by atoms with Crippen LogP contribution in [0.25, 0.3) is 11.1 Å². The monoisotopic (exact) mass is 339 g/mol. The zero-order valence-electron chi connectivity index (χ0n) is 14.7. The van der Waals surface area contributed by atoms with E-state index in [-0.39, 0.29) is 18.2 Å². The molecule has 0 fully saturated rings. The first-order valence-corrected chi connectivity index (χ1v) is 8.59. The first kappa shape index (κ1) is 18.7. The van der Waals surface area contributed by atoms with Crippen LogP contribution in [0, 0.1) is 11.8 Å². The molecule has 0 aliphatic rings. The van der Waals surface area contributed by atoms with E-state index in [4.69, 9.17) is 5.11 Å². The predicted molar refractivity (Wildman–Crippen MR) is 98.9 cm³/mol. The molecule has 0 aromatic heterocycles. The van der Waals surface area contributed by atoms with E-state index in [0.717, 1.165) is 16.7 Å². The van der Waals surface area contributed by atoms with Crippen molar-refractivity contribution in [3.05, 3.63) is 60.2 Å². The Balaban J connectivity index is 1.95. The van der Waals surface area contributed by atoms with Crippen LogP contribution in [0.3, 0.4) is 0 Å². The van der Waals surface area contributed by atoms with Gasteiger partial charge in [0, 0.05) is 12.5 Å². The van der Waals surface area contributed by atoms with Crippen molar-refractivity contribution in [1.82, 2.24) is 5.32 Å². The van der Waals surface area contributed by atoms with E-state index in [2.05, 4.69) is 17.4 Å². The van der Waals surface area contributed by atoms with Crippen molar-refractivity contribution < 1.29 is 14.7 Å². The second-order valence-electron chi connectivity index (χ2n) is 6.71. The molecule has 0 aliphatic heterocycles. The fraction of sp³-hybridized carbons (Fsp3) is 0.333. The van der Waals surface area contributed by atoms with Crippen LogP contribution in [0.15, 0.2) is 54.6 Å². The Morgan fingerprint density at radius 2 is 1.56 bits per heavy atom. The van der Waals surface area contributed by atoms with Crippen molar-refractivity contribution in [1.29, 1.82) is 0 Å². The lowest BCUT2D eigenvalue weighted by Crippen LogP contribution is -2.32. The molecule has 0 spiro atoms. The Labute approximate surface area is 148 Å². The van der Waals surface area contributed by atoms with Crippen LogP contribution >= 0.6 is 0 Å². The van der Waals surface area contributed by atoms with Gasteiger partial charge in [-0.1, -0.05) is 68.4 Å². The van der Waals surface area contributed by atoms with E-state index in [1.807, 2.05) is 56.3 Å². The molecular formula is C21H25NO3. The number of benzene rings is 2. The lowest BCUT2D eigenvalue weighted by molar-refractivity contribution is -0.141. The number of carboxylic acids is 1. The molecular weight excluding hydrogens is 314 g/mol. The molecule has 2 aromatic carbocycles. The molecule has 0 bridgehead atoms. The average Bonchev–Trinajstić information content (AvgIpc) is 2.59. The molecule has 0 radical (unpaired) electrons. The lowest BCUT2D eigenvalue weighted by atomic mass is 9.93. The van der Waals surface area contributed by atoms with E-state index < -0.39 is 11.9 Å². The van der Waals surface area contributed by atoms with Crippen LogP contribution in [-0.4, -0.2) is 17.0 Å². The van der Waals surface area contributed by atoms with Gasteiger partial charge in [-0.05, 0) is 29.0 Å². The Hall–Kier alpha value is -2.62. The van der Waals surface area contributed by atoms with E-state index in [0.29, 0.717) is 13.0 Å². The summed E-state index contributed by atoms with van der Waals surface area (Å²) in [5.41, 5.74) is 3.27. The maximum Gasteiger partial charge on any atom is 0.304 e. The summed E-state index contributed by atoms with van der Waals surface area (Å²) in [6.45, 7) is 4.39. The minimum atomic E-state index is -0.937. The van der Waals surface area contributed by atoms with E-state index in [1.165, 1.54) is 0 Å². The highest BCUT2D eigenvalue weighted by Crippen LogP contribution is 2.20. The SMILES string of the molecule is CC(C)C[C@H](CC(=O)O)C(=O)NCc1ccc(-c2ccccc2)cc1. The third-order valence-electron chi connectivity index (χ3n) is 4.08. The van der Waals surface area contributed by atoms with Crippen molar-refractivity contribution in [2.75, 3.05) is 0 Å². The highest BCUT2D eigenvalue weighted by molar-refractivity contribution is 5.83. The molecule has 132 valence electrons. The normalized spacial score (nSPS) is 12.0. The Morgan fingerprint density at radius 1 is 0.960 bits per heavy atom. The summed E-state index contributed by atoms with van der Waals surface area (Å²) >= 11 is 0. The smallest absolute Gasteiger partial charge is 0.304 e. The highest BCUT2D eigenvalue weighted by atomic mass is 16.4. The molecule has 2 N–H and O–H groups in total. The minimum Gasteiger partial charge on any atom is -0.481 e. The van der Waals surface area contributed by atoms with Gasteiger partial charge in [-0.15, -0.1) is 0 Å². The molecule has 1 atom stereocenters. The lowest BCUT2D eigenvalue weighted by Gasteiger charge is -2.17. The van der Waals surface area contributed by atoms with Crippen molar-refractivity contribution in [2.24, 2.45) is 11.8 Å². The van der Waals surface area contributed by atoms with E-state index >= 15 is 0 Å². The zero-order chi connectivity index (χ0) is 18.2. The van der Waals surface area contributed by atoms with Gasteiger partial charge in [-0.2, -0.15) is 0 Å². The van der Waals surface area contributed by atoms with Crippen LogP contribution < -0.4 is 5.32 Å². The second-order valence-corrected chi connectivity index (χ2v) is 6.71. The Kier molecular flexibility index (Phi) is 6.75. The Morgan fingerprint density at radius 3 is 2.12 bits per heavy atom. The van der Waals surface area contributed by atoms with Crippen molar-refractivity contribution in [3.8, 4) is 11.1 Å². The van der Waals surface area contributed by atoms with Gasteiger partial charge in [-0.25, -0.2) is 0 Å². The van der Waals surface area contributed by atoms with Crippen LogP contribution in [0.4, 0.5) is 0 Å². The van der Waals surface area contributed by atoms with Crippen LogP contribution in [0.5, 0.6) is 0 Å². The second kappa shape index (κ2) is 9.02. The maximum absolute atomic E-state index is 12.3. The molecule has 0 saturated heterocycles. The summed E-state index contributed by atoms with van der Waals surface area (Å²) < 4.78 is 0. The number of carbonyl (C=O) groups is 2. The van der Waals surface area contributed by atoms with Crippen molar-refractivity contribution >= 4 is 11.9 Å². The van der Waals surface area contributed by atoms with E-state index in [1.54, 1.807) is 0 Å². The molecule has 2 rings (SSSR count). The predicted octanol–water partition coefficient (Wildman–Crippen LogP) is 4.11. The first-order chi connectivity index (χ1) is 12.0. The number of nitrogens with one attached hydrogen (secondary N) is 1. The largest absolute Gasteiger partial charge is 0.481 e. The third-order valence-corrected chi connectivity index (χ3v) is 4.08. The van der Waals surface area contributed by atoms with Gasteiger partial charge in [0.2, 0.25) is 5.91 Å². The summed E-state index contributed by atoms with van der Waals surface area (Å²) in [5.74, 6) is -1.34. The van der Waals surface area contributed by atoms with Crippen LogP contribution in [-0.2, 0) is 16.1 Å². The number of hydrogen-bond acceptors (Lipinski definition) is 2.